The third-order valence-corrected chi connectivity index (χ3v) is 5.17. The van der Waals surface area contributed by atoms with Crippen LogP contribution in [0.3, 0.4) is 0 Å². The number of hydrogen-bond acceptors (Lipinski definition) is 4. The predicted octanol–water partition coefficient (Wildman–Crippen LogP) is 4.56. The van der Waals surface area contributed by atoms with E-state index in [9.17, 15) is 0 Å². The van der Waals surface area contributed by atoms with Crippen molar-refractivity contribution in [2.45, 2.75) is 32.7 Å². The number of rotatable bonds is 6. The highest BCUT2D eigenvalue weighted by molar-refractivity contribution is 9.10. The number of nitrogens with one attached hydrogen (secondary N) is 1. The SMILES string of the molecule is CCCNC(Cc1cc(Br)cs1)c1csc(C)n1. The first kappa shape index (κ1) is 14.2. The molecule has 0 bridgehead atoms. The Morgan fingerprint density at radius 1 is 1.39 bits per heavy atom. The molecular formula is C13H17BrN2S2. The third-order valence-electron chi connectivity index (χ3n) is 2.66. The second-order valence-electron chi connectivity index (χ2n) is 4.23. The summed E-state index contributed by atoms with van der Waals surface area (Å²) in [6.07, 6.45) is 2.16. The van der Waals surface area contributed by atoms with E-state index in [1.165, 1.54) is 15.0 Å². The molecule has 2 heterocycles. The zero-order valence-corrected chi connectivity index (χ0v) is 13.8. The quantitative estimate of drug-likeness (QED) is 0.830. The van der Waals surface area contributed by atoms with Crippen LogP contribution in [0.2, 0.25) is 0 Å². The molecule has 98 valence electrons. The van der Waals surface area contributed by atoms with Crippen molar-refractivity contribution in [1.29, 1.82) is 0 Å². The summed E-state index contributed by atoms with van der Waals surface area (Å²) in [5.74, 6) is 0. The third kappa shape index (κ3) is 3.88. The molecule has 0 aliphatic carbocycles. The van der Waals surface area contributed by atoms with Gasteiger partial charge in [-0.1, -0.05) is 6.92 Å². The number of hydrogen-bond donors (Lipinski definition) is 1. The summed E-state index contributed by atoms with van der Waals surface area (Å²) in [6.45, 7) is 5.29. The number of halogens is 1. The number of thiazole rings is 1. The lowest BCUT2D eigenvalue weighted by atomic mass is 10.1. The van der Waals surface area contributed by atoms with Crippen LogP contribution in [0.15, 0.2) is 21.3 Å². The van der Waals surface area contributed by atoms with Gasteiger partial charge < -0.3 is 5.32 Å². The van der Waals surface area contributed by atoms with Crippen molar-refractivity contribution in [3.05, 3.63) is 36.9 Å². The topological polar surface area (TPSA) is 24.9 Å². The Balaban J connectivity index is 2.09. The lowest BCUT2D eigenvalue weighted by molar-refractivity contribution is 0.522. The van der Waals surface area contributed by atoms with Gasteiger partial charge in [-0.15, -0.1) is 22.7 Å². The number of nitrogens with zero attached hydrogens (tertiary/aromatic N) is 1. The Kier molecular flexibility index (Phi) is 5.36. The second-order valence-corrected chi connectivity index (χ2v) is 7.21. The molecule has 5 heteroatoms. The lowest BCUT2D eigenvalue weighted by Gasteiger charge is -2.15. The lowest BCUT2D eigenvalue weighted by Crippen LogP contribution is -2.24. The van der Waals surface area contributed by atoms with Crippen LogP contribution in [-0.4, -0.2) is 11.5 Å². The van der Waals surface area contributed by atoms with Crippen LogP contribution in [0.4, 0.5) is 0 Å². The van der Waals surface area contributed by atoms with Gasteiger partial charge in [-0.2, -0.15) is 0 Å². The van der Waals surface area contributed by atoms with E-state index < -0.39 is 0 Å². The molecule has 0 radical (unpaired) electrons. The Hall–Kier alpha value is -0.230. The summed E-state index contributed by atoms with van der Waals surface area (Å²) in [7, 11) is 0. The fourth-order valence-electron chi connectivity index (χ4n) is 1.80. The molecule has 1 N–H and O–H groups in total. The molecule has 2 nitrogen and oxygen atoms in total. The first-order valence-corrected chi connectivity index (χ1v) is 8.62. The largest absolute Gasteiger partial charge is 0.308 e. The highest BCUT2D eigenvalue weighted by Gasteiger charge is 2.15. The molecule has 0 saturated carbocycles. The van der Waals surface area contributed by atoms with Gasteiger partial charge in [-0.05, 0) is 41.9 Å². The molecule has 2 rings (SSSR count). The maximum absolute atomic E-state index is 4.62. The van der Waals surface area contributed by atoms with E-state index in [0.29, 0.717) is 6.04 Å². The highest BCUT2D eigenvalue weighted by atomic mass is 79.9. The van der Waals surface area contributed by atoms with Gasteiger partial charge in [0.2, 0.25) is 0 Å². The van der Waals surface area contributed by atoms with Crippen LogP contribution in [0.1, 0.15) is 35.0 Å². The monoisotopic (exact) mass is 344 g/mol. The highest BCUT2D eigenvalue weighted by Crippen LogP contribution is 2.26. The number of aryl methyl sites for hydroxylation is 1. The Morgan fingerprint density at radius 3 is 2.78 bits per heavy atom. The number of thiophene rings is 1. The van der Waals surface area contributed by atoms with Crippen molar-refractivity contribution < 1.29 is 0 Å². The van der Waals surface area contributed by atoms with E-state index in [4.69, 9.17) is 0 Å². The van der Waals surface area contributed by atoms with Crippen molar-refractivity contribution in [3.8, 4) is 0 Å². The molecule has 1 unspecified atom stereocenters. The Morgan fingerprint density at radius 2 is 2.22 bits per heavy atom. The Bertz CT molecular complexity index is 493. The molecular weight excluding hydrogens is 328 g/mol. The molecule has 2 aromatic rings. The molecule has 1 atom stereocenters. The minimum absolute atomic E-state index is 0.334. The normalized spacial score (nSPS) is 12.8. The van der Waals surface area contributed by atoms with Crippen LogP contribution in [0.25, 0.3) is 0 Å². The van der Waals surface area contributed by atoms with Crippen molar-refractivity contribution in [2.75, 3.05) is 6.54 Å². The molecule has 0 spiro atoms. The second kappa shape index (κ2) is 6.80. The molecule has 0 fully saturated rings. The van der Waals surface area contributed by atoms with Gasteiger partial charge in [0.25, 0.3) is 0 Å². The maximum Gasteiger partial charge on any atom is 0.0898 e. The summed E-state index contributed by atoms with van der Waals surface area (Å²) in [6, 6.07) is 2.53. The van der Waals surface area contributed by atoms with Gasteiger partial charge in [-0.3, -0.25) is 0 Å². The number of aromatic nitrogens is 1. The molecule has 0 saturated heterocycles. The van der Waals surface area contributed by atoms with Crippen LogP contribution in [-0.2, 0) is 6.42 Å². The van der Waals surface area contributed by atoms with E-state index in [1.807, 2.05) is 0 Å². The van der Waals surface area contributed by atoms with Crippen molar-refractivity contribution in [3.63, 3.8) is 0 Å². The molecule has 0 amide bonds. The maximum atomic E-state index is 4.62. The van der Waals surface area contributed by atoms with Crippen LogP contribution in [0.5, 0.6) is 0 Å². The summed E-state index contributed by atoms with van der Waals surface area (Å²) in [5.41, 5.74) is 1.18. The first-order valence-electron chi connectivity index (χ1n) is 6.07. The average molecular weight is 345 g/mol. The van der Waals surface area contributed by atoms with Crippen molar-refractivity contribution in [2.24, 2.45) is 0 Å². The van der Waals surface area contributed by atoms with E-state index in [2.05, 4.69) is 56.9 Å². The summed E-state index contributed by atoms with van der Waals surface area (Å²) in [4.78, 5) is 6.01. The predicted molar refractivity (Wildman–Crippen MR) is 83.6 cm³/mol. The minimum Gasteiger partial charge on any atom is -0.308 e. The van der Waals surface area contributed by atoms with E-state index in [1.54, 1.807) is 22.7 Å². The average Bonchev–Trinajstić information content (AvgIpc) is 2.93. The van der Waals surface area contributed by atoms with E-state index in [0.717, 1.165) is 24.4 Å². The molecule has 0 aromatic carbocycles. The summed E-state index contributed by atoms with van der Waals surface area (Å²) < 4.78 is 1.17. The standard InChI is InChI=1S/C13H17BrN2S2/c1-3-4-15-12(13-8-17-9(2)16-13)6-11-5-10(14)7-18-11/h5,7-8,12,15H,3-4,6H2,1-2H3. The summed E-state index contributed by atoms with van der Waals surface area (Å²) >= 11 is 7.04. The van der Waals surface area contributed by atoms with Crippen molar-refractivity contribution >= 4 is 38.6 Å². The van der Waals surface area contributed by atoms with Crippen LogP contribution >= 0.6 is 38.6 Å². The molecule has 0 aliphatic heterocycles. The first-order chi connectivity index (χ1) is 8.69. The van der Waals surface area contributed by atoms with Crippen molar-refractivity contribution in [1.82, 2.24) is 10.3 Å². The zero-order chi connectivity index (χ0) is 13.0. The molecule has 0 aliphatic rings. The molecule has 2 aromatic heterocycles. The summed E-state index contributed by atoms with van der Waals surface area (Å²) in [5, 5.41) is 9.04. The van der Waals surface area contributed by atoms with Crippen LogP contribution in [0, 0.1) is 6.92 Å². The smallest absolute Gasteiger partial charge is 0.0898 e. The van der Waals surface area contributed by atoms with E-state index >= 15 is 0 Å². The van der Waals surface area contributed by atoms with Gasteiger partial charge in [0.05, 0.1) is 16.7 Å². The Labute approximate surface area is 125 Å². The van der Waals surface area contributed by atoms with Gasteiger partial charge >= 0.3 is 0 Å². The van der Waals surface area contributed by atoms with Gasteiger partial charge in [0.1, 0.15) is 0 Å². The fraction of sp³-hybridized carbons (Fsp3) is 0.462. The van der Waals surface area contributed by atoms with Crippen LogP contribution < -0.4 is 5.32 Å². The fourth-order valence-corrected chi connectivity index (χ4v) is 3.97. The van der Waals surface area contributed by atoms with E-state index in [-0.39, 0.29) is 0 Å². The van der Waals surface area contributed by atoms with Gasteiger partial charge in [-0.25, -0.2) is 4.98 Å². The zero-order valence-electron chi connectivity index (χ0n) is 10.6. The van der Waals surface area contributed by atoms with Gasteiger partial charge in [0, 0.05) is 26.5 Å². The molecule has 18 heavy (non-hydrogen) atoms. The minimum atomic E-state index is 0.334. The van der Waals surface area contributed by atoms with Gasteiger partial charge in [0.15, 0.2) is 0 Å².